The maximum absolute atomic E-state index is 6.72. The second-order valence-corrected chi connectivity index (χ2v) is 10.0. The van der Waals surface area contributed by atoms with Gasteiger partial charge in [0, 0.05) is 43.9 Å². The lowest BCUT2D eigenvalue weighted by Gasteiger charge is -2.23. The van der Waals surface area contributed by atoms with Crippen molar-refractivity contribution in [3.63, 3.8) is 0 Å². The average molecular weight is 529 g/mol. The van der Waals surface area contributed by atoms with Gasteiger partial charge in [-0.25, -0.2) is 9.98 Å². The zero-order chi connectivity index (χ0) is 26.8. The van der Waals surface area contributed by atoms with Crippen molar-refractivity contribution >= 4 is 40.3 Å². The number of rotatable bonds is 6. The summed E-state index contributed by atoms with van der Waals surface area (Å²) in [7, 11) is 0. The van der Waals surface area contributed by atoms with E-state index in [9.17, 15) is 0 Å². The smallest absolute Gasteiger partial charge is 0.169 e. The van der Waals surface area contributed by atoms with Gasteiger partial charge in [-0.05, 0) is 54.8 Å². The molecule has 0 unspecified atom stereocenters. The van der Waals surface area contributed by atoms with Gasteiger partial charge in [0.2, 0.25) is 0 Å². The molecule has 0 fully saturated rings. The average Bonchev–Trinajstić information content (AvgIpc) is 3.34. The molecule has 0 bridgehead atoms. The van der Waals surface area contributed by atoms with E-state index in [-0.39, 0.29) is 0 Å². The fourth-order valence-electron chi connectivity index (χ4n) is 5.10. The third-order valence-corrected chi connectivity index (χ3v) is 7.21. The van der Waals surface area contributed by atoms with Crippen molar-refractivity contribution in [3.8, 4) is 11.1 Å². The van der Waals surface area contributed by atoms with E-state index in [1.54, 1.807) is 0 Å². The molecule has 1 aliphatic heterocycles. The molecule has 0 saturated carbocycles. The van der Waals surface area contributed by atoms with Crippen LogP contribution in [-0.4, -0.2) is 16.7 Å². The highest BCUT2D eigenvalue weighted by atomic mass is 35.5. The van der Waals surface area contributed by atoms with Gasteiger partial charge in [-0.3, -0.25) is 0 Å². The largest absolute Gasteiger partial charge is 0.358 e. The summed E-state index contributed by atoms with van der Waals surface area (Å²) in [5.41, 5.74) is 8.72. The summed E-state index contributed by atoms with van der Waals surface area (Å²) in [5.74, 6) is 1.57. The Bertz CT molecular complexity index is 1670. The van der Waals surface area contributed by atoms with Crippen molar-refractivity contribution in [3.05, 3.63) is 136 Å². The molecule has 0 amide bonds. The number of fused-ring (bicyclic) bond motifs is 1. The van der Waals surface area contributed by atoms with Gasteiger partial charge in [0.25, 0.3) is 0 Å². The summed E-state index contributed by atoms with van der Waals surface area (Å²) < 4.78 is 0. The number of amidine groups is 2. The Balaban J connectivity index is 1.46. The summed E-state index contributed by atoms with van der Waals surface area (Å²) in [4.78, 5) is 13.6. The first-order valence-electron chi connectivity index (χ1n) is 13.2. The van der Waals surface area contributed by atoms with Gasteiger partial charge in [0.05, 0.1) is 0 Å². The van der Waals surface area contributed by atoms with Crippen LogP contribution in [0.25, 0.3) is 28.1 Å². The summed E-state index contributed by atoms with van der Waals surface area (Å²) in [6.07, 6.45) is 4.78. The number of hydrogen-bond donors (Lipinski definition) is 2. The Labute approximate surface area is 233 Å². The van der Waals surface area contributed by atoms with Gasteiger partial charge in [0.15, 0.2) is 6.17 Å². The van der Waals surface area contributed by atoms with Crippen LogP contribution in [0.1, 0.15) is 48.0 Å². The minimum absolute atomic E-state index is 0.435. The summed E-state index contributed by atoms with van der Waals surface area (Å²) >= 11 is 6.72. The van der Waals surface area contributed by atoms with Crippen LogP contribution in [0.2, 0.25) is 5.02 Å². The quantitative estimate of drug-likeness (QED) is 0.228. The highest BCUT2D eigenvalue weighted by Crippen LogP contribution is 2.34. The van der Waals surface area contributed by atoms with Crippen LogP contribution < -0.4 is 5.32 Å². The van der Waals surface area contributed by atoms with Crippen molar-refractivity contribution in [1.29, 1.82) is 0 Å². The maximum Gasteiger partial charge on any atom is 0.169 e. The Morgan fingerprint density at radius 2 is 1.44 bits per heavy atom. The topological polar surface area (TPSA) is 52.5 Å². The third-order valence-electron chi connectivity index (χ3n) is 6.99. The molecular formula is C34H29ClN4. The van der Waals surface area contributed by atoms with Gasteiger partial charge in [-0.2, -0.15) is 0 Å². The lowest BCUT2D eigenvalue weighted by atomic mass is 9.99. The number of aliphatic imine (C=N–C) groups is 2. The highest BCUT2D eigenvalue weighted by molar-refractivity contribution is 6.31. The number of nitrogens with zero attached hydrogens (tertiary/aromatic N) is 2. The Hall–Kier alpha value is -4.41. The fraction of sp³-hybridized carbons (Fsp3) is 0.118. The minimum Gasteiger partial charge on any atom is -0.358 e. The zero-order valence-corrected chi connectivity index (χ0v) is 22.7. The van der Waals surface area contributed by atoms with Gasteiger partial charge in [-0.15, -0.1) is 0 Å². The number of hydrogen-bond acceptors (Lipinski definition) is 3. The van der Waals surface area contributed by atoms with Crippen LogP contribution in [0.5, 0.6) is 0 Å². The Morgan fingerprint density at radius 1 is 0.769 bits per heavy atom. The van der Waals surface area contributed by atoms with Crippen molar-refractivity contribution in [2.24, 2.45) is 9.98 Å². The van der Waals surface area contributed by atoms with Crippen LogP contribution in [0, 0.1) is 0 Å². The summed E-state index contributed by atoms with van der Waals surface area (Å²) in [5, 5.41) is 5.32. The molecule has 192 valence electrons. The SMILES string of the molecule is C/C=C\c1c(CC)[nH]c2ccc(-c3cc(Cl)cc(C4N=C(c5ccccc5)NC(c5ccccc5)=N4)c3)cc12. The molecule has 5 heteroatoms. The molecule has 0 radical (unpaired) electrons. The molecule has 2 heterocycles. The second-order valence-electron chi connectivity index (χ2n) is 9.59. The van der Waals surface area contributed by atoms with Crippen LogP contribution >= 0.6 is 11.6 Å². The summed E-state index contributed by atoms with van der Waals surface area (Å²) in [6.45, 7) is 4.23. The molecule has 1 aromatic heterocycles. The minimum atomic E-state index is -0.435. The van der Waals surface area contributed by atoms with Gasteiger partial charge < -0.3 is 10.3 Å². The lowest BCUT2D eigenvalue weighted by Crippen LogP contribution is -2.36. The van der Waals surface area contributed by atoms with E-state index < -0.39 is 6.17 Å². The number of nitrogens with one attached hydrogen (secondary N) is 2. The molecule has 4 aromatic carbocycles. The number of benzene rings is 4. The number of aromatic amines is 1. The molecule has 1 aliphatic rings. The normalized spacial score (nSPS) is 13.9. The molecule has 0 spiro atoms. The molecule has 6 rings (SSSR count). The molecule has 39 heavy (non-hydrogen) atoms. The molecule has 4 nitrogen and oxygen atoms in total. The standard InChI is InChI=1S/C34H29ClN4/c1-3-11-28-29-21-24(16-17-31(29)36-30(28)4-2)25-18-26(20-27(35)19-25)34-38-32(22-12-7-5-8-13-22)37-33(39-34)23-14-9-6-10-15-23/h3,5-21,34,36H,4H2,1-2H3,(H,37,38,39)/b11-3-. The number of H-pyrrole nitrogens is 1. The van der Waals surface area contributed by atoms with E-state index in [0.29, 0.717) is 5.02 Å². The van der Waals surface area contributed by atoms with Crippen molar-refractivity contribution in [1.82, 2.24) is 10.3 Å². The van der Waals surface area contributed by atoms with Crippen molar-refractivity contribution in [2.45, 2.75) is 26.4 Å². The van der Waals surface area contributed by atoms with E-state index in [1.165, 1.54) is 16.6 Å². The van der Waals surface area contributed by atoms with Gasteiger partial charge in [-0.1, -0.05) is 97.4 Å². The zero-order valence-electron chi connectivity index (χ0n) is 21.9. The maximum atomic E-state index is 6.72. The van der Waals surface area contributed by atoms with E-state index in [4.69, 9.17) is 21.6 Å². The third kappa shape index (κ3) is 5.04. The number of allylic oxidation sites excluding steroid dienone is 1. The van der Waals surface area contributed by atoms with Crippen LogP contribution in [-0.2, 0) is 6.42 Å². The number of aromatic nitrogens is 1. The molecule has 2 N–H and O–H groups in total. The molecule has 5 aromatic rings. The van der Waals surface area contributed by atoms with Crippen molar-refractivity contribution in [2.75, 3.05) is 0 Å². The predicted octanol–water partition coefficient (Wildman–Crippen LogP) is 8.58. The Kier molecular flexibility index (Phi) is 6.87. The predicted molar refractivity (Wildman–Crippen MR) is 165 cm³/mol. The second kappa shape index (κ2) is 10.8. The molecular weight excluding hydrogens is 500 g/mol. The lowest BCUT2D eigenvalue weighted by molar-refractivity contribution is 0.756. The molecule has 0 saturated heterocycles. The fourth-order valence-corrected chi connectivity index (χ4v) is 5.34. The molecule has 0 atom stereocenters. The monoisotopic (exact) mass is 528 g/mol. The first-order valence-corrected chi connectivity index (χ1v) is 13.6. The summed E-state index contributed by atoms with van der Waals surface area (Å²) in [6, 6.07) is 33.0. The first kappa shape index (κ1) is 24.9. The van der Waals surface area contributed by atoms with Gasteiger partial charge in [0.1, 0.15) is 11.7 Å². The van der Waals surface area contributed by atoms with Gasteiger partial charge >= 0.3 is 0 Å². The van der Waals surface area contributed by atoms with E-state index in [2.05, 4.69) is 84.8 Å². The van der Waals surface area contributed by atoms with Crippen molar-refractivity contribution < 1.29 is 0 Å². The number of aryl methyl sites for hydroxylation is 1. The highest BCUT2D eigenvalue weighted by Gasteiger charge is 2.21. The van der Waals surface area contributed by atoms with Crippen LogP contribution in [0.15, 0.2) is 113 Å². The van der Waals surface area contributed by atoms with E-state index in [1.807, 2.05) is 48.5 Å². The first-order chi connectivity index (χ1) is 19.1. The number of halogens is 1. The Morgan fingerprint density at radius 3 is 2.05 bits per heavy atom. The van der Waals surface area contributed by atoms with Crippen LogP contribution in [0.4, 0.5) is 0 Å². The van der Waals surface area contributed by atoms with Crippen LogP contribution in [0.3, 0.4) is 0 Å². The molecule has 0 aliphatic carbocycles. The van der Waals surface area contributed by atoms with E-state index in [0.717, 1.165) is 51.4 Å². The van der Waals surface area contributed by atoms with E-state index >= 15 is 0 Å².